The van der Waals surface area contributed by atoms with Crippen LogP contribution >= 0.6 is 0 Å². The van der Waals surface area contributed by atoms with Gasteiger partial charge in [0.2, 0.25) is 0 Å². The number of primary amides is 1. The Morgan fingerprint density at radius 3 is 2.72 bits per heavy atom. The topological polar surface area (TPSA) is 120 Å². The first-order valence-corrected chi connectivity index (χ1v) is 9.48. The van der Waals surface area contributed by atoms with Gasteiger partial charge in [-0.2, -0.15) is 0 Å². The van der Waals surface area contributed by atoms with E-state index in [4.69, 9.17) is 20.9 Å². The number of hydrogen-bond donors (Lipinski definition) is 3. The normalized spacial score (nSPS) is 13.7. The lowest BCUT2D eigenvalue weighted by Gasteiger charge is -2.29. The summed E-state index contributed by atoms with van der Waals surface area (Å²) in [6, 6.07) is 10.2. The third-order valence-electron chi connectivity index (χ3n) is 4.96. The molecule has 1 aliphatic heterocycles. The maximum absolute atomic E-state index is 13.1. The number of hydrogen-bond acceptors (Lipinski definition) is 5. The lowest BCUT2D eigenvalue weighted by Crippen LogP contribution is -2.35. The maximum atomic E-state index is 13.1. The van der Waals surface area contributed by atoms with Gasteiger partial charge in [-0.3, -0.25) is 4.79 Å². The summed E-state index contributed by atoms with van der Waals surface area (Å²) in [5, 5.41) is 2.60. The molecule has 154 valence electrons. The number of rotatable bonds is 8. The Labute approximate surface area is 169 Å². The lowest BCUT2D eigenvalue weighted by molar-refractivity contribution is 0.0693. The number of nitrogens with two attached hydrogens (primary N) is 2. The maximum Gasteiger partial charge on any atom is 0.312 e. The first-order valence-electron chi connectivity index (χ1n) is 9.48. The molecule has 0 saturated carbocycles. The molecule has 1 atom stereocenters. The van der Waals surface area contributed by atoms with Crippen molar-refractivity contribution in [3.63, 3.8) is 0 Å². The van der Waals surface area contributed by atoms with E-state index in [9.17, 15) is 9.59 Å². The third kappa shape index (κ3) is 4.21. The third-order valence-corrected chi connectivity index (χ3v) is 4.96. The number of benzene rings is 2. The Morgan fingerprint density at radius 1 is 1.28 bits per heavy atom. The Kier molecular flexibility index (Phi) is 6.11. The highest BCUT2D eigenvalue weighted by Crippen LogP contribution is 2.38. The van der Waals surface area contributed by atoms with Crippen molar-refractivity contribution < 1.29 is 19.1 Å². The summed E-state index contributed by atoms with van der Waals surface area (Å²) in [5.41, 5.74) is 14.0. The van der Waals surface area contributed by atoms with Gasteiger partial charge in [0.15, 0.2) is 11.5 Å². The van der Waals surface area contributed by atoms with Gasteiger partial charge in [-0.15, -0.1) is 0 Å². The van der Waals surface area contributed by atoms with E-state index in [0.717, 1.165) is 11.1 Å². The number of urea groups is 1. The van der Waals surface area contributed by atoms with Crippen LogP contribution in [0, 0.1) is 0 Å². The van der Waals surface area contributed by atoms with E-state index in [1.807, 2.05) is 37.3 Å². The highest BCUT2D eigenvalue weighted by molar-refractivity contribution is 6.03. The van der Waals surface area contributed by atoms with Crippen molar-refractivity contribution in [3.05, 3.63) is 53.1 Å². The number of carbonyl (C=O) groups is 2. The summed E-state index contributed by atoms with van der Waals surface area (Å²) in [6.07, 6.45) is 0.487. The number of carbonyl (C=O) groups excluding carboxylic acids is 2. The second-order valence-electron chi connectivity index (χ2n) is 6.75. The molecular weight excluding hydrogens is 372 g/mol. The molecule has 8 heteroatoms. The van der Waals surface area contributed by atoms with E-state index in [1.54, 1.807) is 18.1 Å². The van der Waals surface area contributed by atoms with Crippen LogP contribution in [0.4, 0.5) is 10.5 Å². The van der Waals surface area contributed by atoms with E-state index < -0.39 is 6.03 Å². The SMILES string of the molecule is CCOc1cc(C(CCNC(N)=O)N2Cc3cccc(N)c3C2=O)ccc1OC. The highest BCUT2D eigenvalue weighted by atomic mass is 16.5. The molecule has 3 amide bonds. The van der Waals surface area contributed by atoms with Crippen molar-refractivity contribution in [1.82, 2.24) is 10.2 Å². The van der Waals surface area contributed by atoms with Gasteiger partial charge >= 0.3 is 6.03 Å². The van der Waals surface area contributed by atoms with Crippen LogP contribution in [-0.2, 0) is 6.54 Å². The first-order chi connectivity index (χ1) is 14.0. The van der Waals surface area contributed by atoms with Crippen LogP contribution in [0.1, 0.15) is 40.9 Å². The number of amides is 3. The van der Waals surface area contributed by atoms with Crippen LogP contribution < -0.4 is 26.3 Å². The number of nitrogens with zero attached hydrogens (tertiary/aromatic N) is 1. The highest BCUT2D eigenvalue weighted by Gasteiger charge is 2.35. The summed E-state index contributed by atoms with van der Waals surface area (Å²) < 4.78 is 11.1. The van der Waals surface area contributed by atoms with Crippen molar-refractivity contribution in [2.24, 2.45) is 5.73 Å². The van der Waals surface area contributed by atoms with Crippen LogP contribution in [0.5, 0.6) is 11.5 Å². The minimum absolute atomic E-state index is 0.129. The molecule has 5 N–H and O–H groups in total. The fourth-order valence-corrected chi connectivity index (χ4v) is 3.67. The minimum atomic E-state index is -0.603. The Balaban J connectivity index is 1.96. The fourth-order valence-electron chi connectivity index (χ4n) is 3.67. The molecule has 8 nitrogen and oxygen atoms in total. The van der Waals surface area contributed by atoms with Crippen molar-refractivity contribution in [3.8, 4) is 11.5 Å². The molecule has 0 spiro atoms. The Morgan fingerprint density at radius 2 is 2.07 bits per heavy atom. The smallest absolute Gasteiger partial charge is 0.312 e. The Hall–Kier alpha value is -3.42. The quantitative estimate of drug-likeness (QED) is 0.590. The van der Waals surface area contributed by atoms with Crippen LogP contribution in [0.3, 0.4) is 0 Å². The average Bonchev–Trinajstić information content (AvgIpc) is 3.03. The van der Waals surface area contributed by atoms with Crippen LogP contribution in [0.25, 0.3) is 0 Å². The predicted molar refractivity (Wildman–Crippen MR) is 110 cm³/mol. The van der Waals surface area contributed by atoms with Crippen molar-refractivity contribution in [1.29, 1.82) is 0 Å². The second kappa shape index (κ2) is 8.72. The van der Waals surface area contributed by atoms with Crippen LogP contribution in [0.2, 0.25) is 0 Å². The molecule has 29 heavy (non-hydrogen) atoms. The van der Waals surface area contributed by atoms with E-state index in [2.05, 4.69) is 5.32 Å². The van der Waals surface area contributed by atoms with Gasteiger partial charge in [0.05, 0.1) is 25.3 Å². The molecule has 1 aliphatic rings. The lowest BCUT2D eigenvalue weighted by atomic mass is 10.0. The summed E-state index contributed by atoms with van der Waals surface area (Å²) >= 11 is 0. The molecule has 3 rings (SSSR count). The van der Waals surface area contributed by atoms with Crippen LogP contribution in [-0.4, -0.2) is 37.1 Å². The number of ether oxygens (including phenoxy) is 2. The zero-order valence-corrected chi connectivity index (χ0v) is 16.6. The molecule has 0 aromatic heterocycles. The van der Waals surface area contributed by atoms with Gasteiger partial charge < -0.3 is 31.2 Å². The van der Waals surface area contributed by atoms with Gasteiger partial charge in [-0.1, -0.05) is 18.2 Å². The second-order valence-corrected chi connectivity index (χ2v) is 6.75. The number of anilines is 1. The molecule has 2 aromatic carbocycles. The van der Waals surface area contributed by atoms with E-state index in [-0.39, 0.29) is 11.9 Å². The predicted octanol–water partition coefficient (Wildman–Crippen LogP) is 2.43. The van der Waals surface area contributed by atoms with Gasteiger partial charge in [0.1, 0.15) is 0 Å². The minimum Gasteiger partial charge on any atom is -0.493 e. The molecular formula is C21H26N4O4. The van der Waals surface area contributed by atoms with Gasteiger partial charge in [0, 0.05) is 18.8 Å². The molecule has 1 heterocycles. The fraction of sp³-hybridized carbons (Fsp3) is 0.333. The first kappa shape index (κ1) is 20.3. The molecule has 0 radical (unpaired) electrons. The molecule has 0 fully saturated rings. The summed E-state index contributed by atoms with van der Waals surface area (Å²) in [7, 11) is 1.58. The molecule has 0 aliphatic carbocycles. The van der Waals surface area contributed by atoms with Crippen LogP contribution in [0.15, 0.2) is 36.4 Å². The number of methoxy groups -OCH3 is 1. The number of fused-ring (bicyclic) bond motifs is 1. The monoisotopic (exact) mass is 398 g/mol. The van der Waals surface area contributed by atoms with Crippen molar-refractivity contribution in [2.45, 2.75) is 25.9 Å². The zero-order valence-electron chi connectivity index (χ0n) is 16.6. The molecule has 0 bridgehead atoms. The number of nitrogen functional groups attached to an aromatic ring is 1. The summed E-state index contributed by atoms with van der Waals surface area (Å²) in [5.74, 6) is 1.09. The van der Waals surface area contributed by atoms with E-state index >= 15 is 0 Å². The van der Waals surface area contributed by atoms with Crippen molar-refractivity contribution >= 4 is 17.6 Å². The van der Waals surface area contributed by atoms with Gasteiger partial charge in [-0.25, -0.2) is 4.79 Å². The van der Waals surface area contributed by atoms with Gasteiger partial charge in [0.25, 0.3) is 5.91 Å². The molecule has 0 saturated heterocycles. The standard InChI is InChI=1S/C21H26N4O4/c1-3-29-18-11-13(7-8-17(18)28-2)16(9-10-24-21(23)27)25-12-14-5-4-6-15(22)19(14)20(25)26/h4-8,11,16H,3,9-10,12,22H2,1-2H3,(H3,23,24,27). The van der Waals surface area contributed by atoms with Gasteiger partial charge in [-0.05, 0) is 42.7 Å². The Bertz CT molecular complexity index is 916. The average molecular weight is 398 g/mol. The summed E-state index contributed by atoms with van der Waals surface area (Å²) in [4.78, 5) is 26.0. The van der Waals surface area contributed by atoms with E-state index in [1.165, 1.54) is 0 Å². The molecule has 1 unspecified atom stereocenters. The summed E-state index contributed by atoms with van der Waals surface area (Å²) in [6.45, 7) is 3.14. The molecule has 2 aromatic rings. The van der Waals surface area contributed by atoms with E-state index in [0.29, 0.717) is 48.9 Å². The largest absolute Gasteiger partial charge is 0.493 e. The zero-order chi connectivity index (χ0) is 21.0. The van der Waals surface area contributed by atoms with Crippen molar-refractivity contribution in [2.75, 3.05) is 26.0 Å². The number of nitrogens with one attached hydrogen (secondary N) is 1.